The van der Waals surface area contributed by atoms with Crippen LogP contribution in [0.3, 0.4) is 0 Å². The number of aromatic nitrogens is 2. The Kier molecular flexibility index (Phi) is 4.76. The lowest BCUT2D eigenvalue weighted by Crippen LogP contribution is -2.44. The highest BCUT2D eigenvalue weighted by Gasteiger charge is 2.16. The Bertz CT molecular complexity index is 721. The van der Waals surface area contributed by atoms with E-state index < -0.39 is 0 Å². The van der Waals surface area contributed by atoms with E-state index in [1.165, 1.54) is 5.56 Å². The Morgan fingerprint density at radius 1 is 1.08 bits per heavy atom. The molecule has 0 spiro atoms. The van der Waals surface area contributed by atoms with Crippen LogP contribution >= 0.6 is 0 Å². The second-order valence-electron chi connectivity index (χ2n) is 6.32. The van der Waals surface area contributed by atoms with Crippen LogP contribution in [0, 0.1) is 13.8 Å². The summed E-state index contributed by atoms with van der Waals surface area (Å²) in [6.45, 7) is 7.89. The van der Waals surface area contributed by atoms with Gasteiger partial charge < -0.3 is 15.1 Å². The maximum Gasteiger partial charge on any atom is 0.275 e. The highest BCUT2D eigenvalue weighted by Crippen LogP contribution is 2.17. The van der Waals surface area contributed by atoms with Crippen molar-refractivity contribution in [1.82, 2.24) is 14.9 Å². The van der Waals surface area contributed by atoms with Crippen molar-refractivity contribution < 1.29 is 4.79 Å². The molecular weight excluding hydrogens is 302 g/mol. The Labute approximate surface area is 142 Å². The predicted molar refractivity (Wildman–Crippen MR) is 95.6 cm³/mol. The van der Waals surface area contributed by atoms with Crippen molar-refractivity contribution in [2.45, 2.75) is 13.8 Å². The highest BCUT2D eigenvalue weighted by atomic mass is 16.1. The highest BCUT2D eigenvalue weighted by molar-refractivity contribution is 6.03. The van der Waals surface area contributed by atoms with Crippen LogP contribution in [0.15, 0.2) is 30.6 Å². The van der Waals surface area contributed by atoms with Gasteiger partial charge in [-0.2, -0.15) is 0 Å². The molecule has 0 unspecified atom stereocenters. The van der Waals surface area contributed by atoms with Gasteiger partial charge >= 0.3 is 0 Å². The SMILES string of the molecule is Cc1ccc(NC(=O)c2cnc(N3CCN(C)CC3)cn2)c(C)c1. The van der Waals surface area contributed by atoms with Crippen molar-refractivity contribution in [2.75, 3.05) is 43.4 Å². The van der Waals surface area contributed by atoms with Crippen molar-refractivity contribution in [1.29, 1.82) is 0 Å². The van der Waals surface area contributed by atoms with Gasteiger partial charge in [0, 0.05) is 31.9 Å². The smallest absolute Gasteiger partial charge is 0.275 e. The molecule has 1 aliphatic rings. The minimum Gasteiger partial charge on any atom is -0.353 e. The molecule has 0 saturated carbocycles. The van der Waals surface area contributed by atoms with E-state index in [-0.39, 0.29) is 5.91 Å². The van der Waals surface area contributed by atoms with Crippen LogP contribution in [0.2, 0.25) is 0 Å². The predicted octanol–water partition coefficient (Wildman–Crippen LogP) is 2.10. The van der Waals surface area contributed by atoms with Crippen molar-refractivity contribution in [3.63, 3.8) is 0 Å². The molecule has 24 heavy (non-hydrogen) atoms. The zero-order valence-corrected chi connectivity index (χ0v) is 14.4. The van der Waals surface area contributed by atoms with Crippen LogP contribution in [0.4, 0.5) is 11.5 Å². The van der Waals surface area contributed by atoms with E-state index in [4.69, 9.17) is 0 Å². The topological polar surface area (TPSA) is 61.4 Å². The molecule has 0 bridgehead atoms. The van der Waals surface area contributed by atoms with E-state index in [9.17, 15) is 4.79 Å². The summed E-state index contributed by atoms with van der Waals surface area (Å²) in [5, 5.41) is 2.90. The normalized spacial score (nSPS) is 15.4. The van der Waals surface area contributed by atoms with E-state index >= 15 is 0 Å². The zero-order chi connectivity index (χ0) is 17.1. The minimum atomic E-state index is -0.237. The first kappa shape index (κ1) is 16.4. The largest absolute Gasteiger partial charge is 0.353 e. The van der Waals surface area contributed by atoms with Crippen LogP contribution in [-0.4, -0.2) is 54.0 Å². The van der Waals surface area contributed by atoms with Gasteiger partial charge in [-0.15, -0.1) is 0 Å². The first-order valence-electron chi connectivity index (χ1n) is 8.17. The van der Waals surface area contributed by atoms with Gasteiger partial charge in [-0.3, -0.25) is 4.79 Å². The third-order valence-corrected chi connectivity index (χ3v) is 4.33. The molecule has 2 heterocycles. The molecule has 1 N–H and O–H groups in total. The molecular formula is C18H23N5O. The van der Waals surface area contributed by atoms with Crippen LogP contribution < -0.4 is 10.2 Å². The number of amides is 1. The van der Waals surface area contributed by atoms with E-state index in [1.54, 1.807) is 12.4 Å². The number of likely N-dealkylation sites (N-methyl/N-ethyl adjacent to an activating group) is 1. The fourth-order valence-electron chi connectivity index (χ4n) is 2.78. The van der Waals surface area contributed by atoms with E-state index in [2.05, 4.69) is 32.1 Å². The lowest BCUT2D eigenvalue weighted by Gasteiger charge is -2.32. The number of hydrogen-bond donors (Lipinski definition) is 1. The van der Waals surface area contributed by atoms with Gasteiger partial charge in [-0.25, -0.2) is 9.97 Å². The average Bonchev–Trinajstić information content (AvgIpc) is 2.58. The molecule has 6 heteroatoms. The molecule has 1 aliphatic heterocycles. The molecule has 126 valence electrons. The Hall–Kier alpha value is -2.47. The number of anilines is 2. The van der Waals surface area contributed by atoms with Gasteiger partial charge in [-0.05, 0) is 32.5 Å². The summed E-state index contributed by atoms with van der Waals surface area (Å²) in [6, 6.07) is 5.93. The van der Waals surface area contributed by atoms with Crippen LogP contribution in [-0.2, 0) is 0 Å². The minimum absolute atomic E-state index is 0.237. The number of nitrogens with one attached hydrogen (secondary N) is 1. The zero-order valence-electron chi connectivity index (χ0n) is 14.4. The number of piperazine rings is 1. The Morgan fingerprint density at radius 3 is 2.46 bits per heavy atom. The first-order valence-corrected chi connectivity index (χ1v) is 8.17. The molecule has 0 atom stereocenters. The van der Waals surface area contributed by atoms with Gasteiger partial charge in [0.1, 0.15) is 11.5 Å². The molecule has 1 saturated heterocycles. The van der Waals surface area contributed by atoms with E-state index in [0.717, 1.165) is 43.2 Å². The Balaban J connectivity index is 1.67. The maximum absolute atomic E-state index is 12.3. The monoisotopic (exact) mass is 325 g/mol. The second kappa shape index (κ2) is 6.97. The van der Waals surface area contributed by atoms with Gasteiger partial charge in [0.2, 0.25) is 0 Å². The fourth-order valence-corrected chi connectivity index (χ4v) is 2.78. The number of hydrogen-bond acceptors (Lipinski definition) is 5. The van der Waals surface area contributed by atoms with Crippen molar-refractivity contribution in [3.05, 3.63) is 47.4 Å². The van der Waals surface area contributed by atoms with Crippen LogP contribution in [0.5, 0.6) is 0 Å². The van der Waals surface area contributed by atoms with E-state index in [0.29, 0.717) is 5.69 Å². The summed E-state index contributed by atoms with van der Waals surface area (Å²) in [5.41, 5.74) is 3.33. The van der Waals surface area contributed by atoms with E-state index in [1.807, 2.05) is 32.0 Å². The van der Waals surface area contributed by atoms with Crippen molar-refractivity contribution in [2.24, 2.45) is 0 Å². The number of carbonyl (C=O) groups excluding carboxylic acids is 1. The number of rotatable bonds is 3. The standard InChI is InChI=1S/C18H23N5O/c1-13-4-5-15(14(2)10-13)21-18(24)16-11-20-17(12-19-16)23-8-6-22(3)7-9-23/h4-5,10-12H,6-9H2,1-3H3,(H,21,24). The lowest BCUT2D eigenvalue weighted by molar-refractivity contribution is 0.102. The molecule has 0 aliphatic carbocycles. The van der Waals surface area contributed by atoms with Crippen LogP contribution in [0.25, 0.3) is 0 Å². The first-order chi connectivity index (χ1) is 11.5. The molecule has 3 rings (SSSR count). The summed E-state index contributed by atoms with van der Waals surface area (Å²) in [7, 11) is 2.11. The molecule has 6 nitrogen and oxygen atoms in total. The quantitative estimate of drug-likeness (QED) is 0.936. The number of nitrogens with zero attached hydrogens (tertiary/aromatic N) is 4. The summed E-state index contributed by atoms with van der Waals surface area (Å²) in [5.74, 6) is 0.588. The molecule has 1 aromatic carbocycles. The van der Waals surface area contributed by atoms with Gasteiger partial charge in [0.05, 0.1) is 12.4 Å². The average molecular weight is 325 g/mol. The molecule has 1 aromatic heterocycles. The number of benzene rings is 1. The van der Waals surface area contributed by atoms with Gasteiger partial charge in [-0.1, -0.05) is 17.7 Å². The lowest BCUT2D eigenvalue weighted by atomic mass is 10.1. The third kappa shape index (κ3) is 3.71. The van der Waals surface area contributed by atoms with Crippen molar-refractivity contribution in [3.8, 4) is 0 Å². The molecule has 1 fully saturated rings. The fraction of sp³-hybridized carbons (Fsp3) is 0.389. The van der Waals surface area contributed by atoms with Gasteiger partial charge in [0.25, 0.3) is 5.91 Å². The maximum atomic E-state index is 12.3. The Morgan fingerprint density at radius 2 is 1.83 bits per heavy atom. The second-order valence-corrected chi connectivity index (χ2v) is 6.32. The molecule has 0 radical (unpaired) electrons. The third-order valence-electron chi connectivity index (χ3n) is 4.33. The van der Waals surface area contributed by atoms with Crippen LogP contribution in [0.1, 0.15) is 21.6 Å². The summed E-state index contributed by atoms with van der Waals surface area (Å²) >= 11 is 0. The summed E-state index contributed by atoms with van der Waals surface area (Å²) < 4.78 is 0. The molecule has 1 amide bonds. The van der Waals surface area contributed by atoms with Crippen molar-refractivity contribution >= 4 is 17.4 Å². The summed E-state index contributed by atoms with van der Waals surface area (Å²) in [4.78, 5) is 25.5. The van der Waals surface area contributed by atoms with Gasteiger partial charge in [0.15, 0.2) is 0 Å². The number of carbonyl (C=O) groups is 1. The summed E-state index contributed by atoms with van der Waals surface area (Å²) in [6.07, 6.45) is 3.23. The molecule has 2 aromatic rings. The number of aryl methyl sites for hydroxylation is 2.